The second kappa shape index (κ2) is 6.51. The number of amides is 1. The number of aromatic nitrogens is 1. The molecule has 0 spiro atoms. The van der Waals surface area contributed by atoms with Gasteiger partial charge >= 0.3 is 0 Å². The number of hydrogen-bond donors (Lipinski definition) is 1. The van der Waals surface area contributed by atoms with Gasteiger partial charge in [0.1, 0.15) is 5.75 Å². The number of anilines is 1. The lowest BCUT2D eigenvalue weighted by Gasteiger charge is -2.11. The van der Waals surface area contributed by atoms with Crippen LogP contribution in [0.2, 0.25) is 0 Å². The van der Waals surface area contributed by atoms with Crippen molar-refractivity contribution >= 4 is 17.4 Å². The van der Waals surface area contributed by atoms with Crippen molar-refractivity contribution in [1.29, 1.82) is 0 Å². The van der Waals surface area contributed by atoms with E-state index in [0.29, 0.717) is 17.5 Å². The van der Waals surface area contributed by atoms with Gasteiger partial charge in [0.05, 0.1) is 5.69 Å². The minimum absolute atomic E-state index is 0.0485. The number of carbonyl (C=O) groups is 2. The minimum Gasteiger partial charge on any atom is -0.483 e. The second-order valence-electron chi connectivity index (χ2n) is 6.28. The SMILES string of the molecule is CC(=O)Nc1ccccc1OCC(=O)c1cc(C)n(C2CC2)c1C. The summed E-state index contributed by atoms with van der Waals surface area (Å²) in [5.41, 5.74) is 3.42. The van der Waals surface area contributed by atoms with Crippen LogP contribution in [-0.4, -0.2) is 22.9 Å². The zero-order chi connectivity index (χ0) is 17.3. The van der Waals surface area contributed by atoms with Crippen molar-refractivity contribution in [3.05, 3.63) is 47.3 Å². The quantitative estimate of drug-likeness (QED) is 0.824. The number of para-hydroxylation sites is 2. The summed E-state index contributed by atoms with van der Waals surface area (Å²) in [6.07, 6.45) is 2.37. The van der Waals surface area contributed by atoms with Crippen LogP contribution in [0.25, 0.3) is 0 Å². The summed E-state index contributed by atoms with van der Waals surface area (Å²) in [7, 11) is 0. The molecule has 1 saturated carbocycles. The lowest BCUT2D eigenvalue weighted by Crippen LogP contribution is -2.14. The summed E-state index contributed by atoms with van der Waals surface area (Å²) in [4.78, 5) is 23.8. The molecular weight excluding hydrogens is 304 g/mol. The Balaban J connectivity index is 1.73. The number of Topliss-reactive ketones (excluding diaryl/α,β-unsaturated/α-hetero) is 1. The van der Waals surface area contributed by atoms with E-state index in [2.05, 4.69) is 9.88 Å². The molecule has 1 aliphatic rings. The number of nitrogens with one attached hydrogen (secondary N) is 1. The molecule has 0 unspecified atom stereocenters. The molecule has 1 aromatic heterocycles. The van der Waals surface area contributed by atoms with Gasteiger partial charge in [-0.25, -0.2) is 0 Å². The molecule has 5 nitrogen and oxygen atoms in total. The molecule has 0 aliphatic heterocycles. The van der Waals surface area contributed by atoms with Gasteiger partial charge in [0.15, 0.2) is 6.61 Å². The highest BCUT2D eigenvalue weighted by Crippen LogP contribution is 2.38. The molecule has 0 atom stereocenters. The largest absolute Gasteiger partial charge is 0.483 e. The predicted octanol–water partition coefficient (Wildman–Crippen LogP) is 3.66. The molecule has 126 valence electrons. The van der Waals surface area contributed by atoms with Crippen LogP contribution >= 0.6 is 0 Å². The van der Waals surface area contributed by atoms with Crippen molar-refractivity contribution in [2.75, 3.05) is 11.9 Å². The van der Waals surface area contributed by atoms with Crippen LogP contribution in [0.3, 0.4) is 0 Å². The number of rotatable bonds is 6. The number of nitrogens with zero attached hydrogens (tertiary/aromatic N) is 1. The van der Waals surface area contributed by atoms with Crippen LogP contribution in [0, 0.1) is 13.8 Å². The Morgan fingerprint density at radius 3 is 2.62 bits per heavy atom. The van der Waals surface area contributed by atoms with Gasteiger partial charge in [0, 0.05) is 29.9 Å². The third kappa shape index (κ3) is 3.35. The maximum Gasteiger partial charge on any atom is 0.221 e. The fraction of sp³-hybridized carbons (Fsp3) is 0.368. The number of benzene rings is 1. The van der Waals surface area contributed by atoms with E-state index in [1.807, 2.05) is 32.0 Å². The lowest BCUT2D eigenvalue weighted by molar-refractivity contribution is -0.114. The van der Waals surface area contributed by atoms with E-state index in [1.165, 1.54) is 19.8 Å². The first kappa shape index (κ1) is 16.3. The molecule has 5 heteroatoms. The van der Waals surface area contributed by atoms with Crippen molar-refractivity contribution in [3.8, 4) is 5.75 Å². The predicted molar refractivity (Wildman–Crippen MR) is 92.7 cm³/mol. The number of ketones is 1. The number of ether oxygens (including phenoxy) is 1. The van der Waals surface area contributed by atoms with Crippen molar-refractivity contribution in [2.45, 2.75) is 39.7 Å². The molecule has 1 amide bonds. The Labute approximate surface area is 141 Å². The summed E-state index contributed by atoms with van der Waals surface area (Å²) in [5.74, 6) is 0.273. The van der Waals surface area contributed by atoms with Crippen LogP contribution in [0.5, 0.6) is 5.75 Å². The average molecular weight is 326 g/mol. The standard InChI is InChI=1S/C19H22N2O3/c1-12-10-16(13(2)21(12)15-8-9-15)18(23)11-24-19-7-5-4-6-17(19)20-14(3)22/h4-7,10,15H,8-9,11H2,1-3H3,(H,20,22). The first-order chi connectivity index (χ1) is 11.5. The Kier molecular flexibility index (Phi) is 4.42. The van der Waals surface area contributed by atoms with Gasteiger partial charge in [-0.3, -0.25) is 9.59 Å². The smallest absolute Gasteiger partial charge is 0.221 e. The number of carbonyl (C=O) groups excluding carboxylic acids is 2. The fourth-order valence-corrected chi connectivity index (χ4v) is 3.06. The topological polar surface area (TPSA) is 60.3 Å². The number of aryl methyl sites for hydroxylation is 1. The van der Waals surface area contributed by atoms with E-state index in [1.54, 1.807) is 12.1 Å². The maximum absolute atomic E-state index is 12.6. The van der Waals surface area contributed by atoms with Gasteiger partial charge in [0.25, 0.3) is 0 Å². The Morgan fingerprint density at radius 2 is 1.96 bits per heavy atom. The van der Waals surface area contributed by atoms with Crippen LogP contribution in [-0.2, 0) is 4.79 Å². The summed E-state index contributed by atoms with van der Waals surface area (Å²) >= 11 is 0. The van der Waals surface area contributed by atoms with Crippen molar-refractivity contribution < 1.29 is 14.3 Å². The van der Waals surface area contributed by atoms with Crippen molar-refractivity contribution in [1.82, 2.24) is 4.57 Å². The third-order valence-corrected chi connectivity index (χ3v) is 4.25. The van der Waals surface area contributed by atoms with Crippen LogP contribution in [0.15, 0.2) is 30.3 Å². The van der Waals surface area contributed by atoms with E-state index in [-0.39, 0.29) is 18.3 Å². The monoisotopic (exact) mass is 326 g/mol. The first-order valence-electron chi connectivity index (χ1n) is 8.18. The Bertz CT molecular complexity index is 788. The van der Waals surface area contributed by atoms with Crippen LogP contribution in [0.4, 0.5) is 5.69 Å². The molecule has 1 N–H and O–H groups in total. The van der Waals surface area contributed by atoms with Gasteiger partial charge < -0.3 is 14.6 Å². The molecule has 0 bridgehead atoms. The third-order valence-electron chi connectivity index (χ3n) is 4.25. The maximum atomic E-state index is 12.6. The van der Waals surface area contributed by atoms with Crippen molar-refractivity contribution in [3.63, 3.8) is 0 Å². The minimum atomic E-state index is -0.176. The van der Waals surface area contributed by atoms with E-state index in [9.17, 15) is 9.59 Å². The molecule has 2 aromatic rings. The number of hydrogen-bond acceptors (Lipinski definition) is 3. The van der Waals surface area contributed by atoms with Crippen LogP contribution in [0.1, 0.15) is 47.6 Å². The van der Waals surface area contributed by atoms with E-state index >= 15 is 0 Å². The highest BCUT2D eigenvalue weighted by Gasteiger charge is 2.28. The van der Waals surface area contributed by atoms with Gasteiger partial charge in [-0.2, -0.15) is 0 Å². The second-order valence-corrected chi connectivity index (χ2v) is 6.28. The molecule has 1 heterocycles. The van der Waals surface area contributed by atoms with Crippen molar-refractivity contribution in [2.24, 2.45) is 0 Å². The van der Waals surface area contributed by atoms with E-state index in [4.69, 9.17) is 4.74 Å². The van der Waals surface area contributed by atoms with Crippen LogP contribution < -0.4 is 10.1 Å². The van der Waals surface area contributed by atoms with Gasteiger partial charge in [0.2, 0.25) is 11.7 Å². The normalized spacial score (nSPS) is 13.6. The summed E-state index contributed by atoms with van der Waals surface area (Å²) in [5, 5.41) is 2.71. The lowest BCUT2D eigenvalue weighted by atomic mass is 10.1. The highest BCUT2D eigenvalue weighted by atomic mass is 16.5. The van der Waals surface area contributed by atoms with Gasteiger partial charge in [-0.05, 0) is 44.9 Å². The van der Waals surface area contributed by atoms with Gasteiger partial charge in [-0.1, -0.05) is 12.1 Å². The van der Waals surface area contributed by atoms with E-state index < -0.39 is 0 Å². The molecular formula is C19H22N2O3. The first-order valence-corrected chi connectivity index (χ1v) is 8.18. The molecule has 1 aromatic carbocycles. The molecule has 0 radical (unpaired) electrons. The zero-order valence-electron chi connectivity index (χ0n) is 14.3. The highest BCUT2D eigenvalue weighted by molar-refractivity contribution is 5.99. The Hall–Kier alpha value is -2.56. The molecule has 0 saturated heterocycles. The summed E-state index contributed by atoms with van der Waals surface area (Å²) in [6, 6.07) is 9.60. The van der Waals surface area contributed by atoms with Gasteiger partial charge in [-0.15, -0.1) is 0 Å². The molecule has 24 heavy (non-hydrogen) atoms. The summed E-state index contributed by atoms with van der Waals surface area (Å²) in [6.45, 7) is 5.42. The molecule has 3 rings (SSSR count). The summed E-state index contributed by atoms with van der Waals surface area (Å²) < 4.78 is 7.91. The average Bonchev–Trinajstić information content (AvgIpc) is 3.31. The molecule has 1 fully saturated rings. The molecule has 1 aliphatic carbocycles. The zero-order valence-corrected chi connectivity index (χ0v) is 14.3. The fourth-order valence-electron chi connectivity index (χ4n) is 3.06. The van der Waals surface area contributed by atoms with E-state index in [0.717, 1.165) is 17.0 Å². The Morgan fingerprint density at radius 1 is 1.25 bits per heavy atom.